The number of rotatable bonds is 73. The van der Waals surface area contributed by atoms with E-state index in [9.17, 15) is 43.5 Å². The molecule has 148 heavy (non-hydrogen) atoms. The van der Waals surface area contributed by atoms with E-state index in [1.54, 1.807) is 33.3 Å². The topological polar surface area (TPSA) is 325 Å². The van der Waals surface area contributed by atoms with Gasteiger partial charge in [0.25, 0.3) is 11.1 Å². The van der Waals surface area contributed by atoms with Gasteiger partial charge in [0.05, 0.1) is 80.5 Å². The zero-order chi connectivity index (χ0) is 107. The highest BCUT2D eigenvalue weighted by molar-refractivity contribution is 5.81. The molecule has 27 heteroatoms. The number of carboxylic acids is 1. The number of benzene rings is 6. The van der Waals surface area contributed by atoms with Crippen molar-refractivity contribution in [1.29, 1.82) is 0 Å². The van der Waals surface area contributed by atoms with Crippen LogP contribution in [-0.4, -0.2) is 166 Å². The number of ether oxygens (including phenoxy) is 12. The second-order valence-electron chi connectivity index (χ2n) is 38.7. The van der Waals surface area contributed by atoms with Crippen molar-refractivity contribution in [2.45, 2.75) is 391 Å². The summed E-state index contributed by atoms with van der Waals surface area (Å²) in [6, 6.07) is 52.2. The number of methoxy groups -OCH3 is 4. The Hall–Kier alpha value is -10.5. The molecule has 27 nitrogen and oxygen atoms in total. The van der Waals surface area contributed by atoms with Gasteiger partial charge >= 0.3 is 29.3 Å². The van der Waals surface area contributed by atoms with Gasteiger partial charge in [-0.1, -0.05) is 381 Å². The lowest BCUT2D eigenvalue weighted by Crippen LogP contribution is -3.11. The first-order chi connectivity index (χ1) is 72.3. The number of unbranched alkanes of at least 4 members (excludes halogenated alkanes) is 38. The summed E-state index contributed by atoms with van der Waals surface area (Å²) in [6.07, 6.45) is 44.0. The quantitative estimate of drug-likeness (QED) is 0.0134. The Morgan fingerprint density at radius 1 is 0.345 bits per heavy atom. The van der Waals surface area contributed by atoms with Crippen LogP contribution in [0.4, 0.5) is 0 Å². The minimum atomic E-state index is -1.27. The lowest BCUT2D eigenvalue weighted by atomic mass is 9.80. The number of aliphatic carboxylic acids is 1. The molecular weight excluding hydrogens is 1870 g/mol. The first-order valence-corrected chi connectivity index (χ1v) is 56.1. The highest BCUT2D eigenvalue weighted by Crippen LogP contribution is 2.47. The summed E-state index contributed by atoms with van der Waals surface area (Å²) in [5.74, 6) is -0.228. The van der Waals surface area contributed by atoms with Crippen LogP contribution in [-0.2, 0) is 68.3 Å². The molecule has 820 valence electrons. The van der Waals surface area contributed by atoms with Crippen molar-refractivity contribution in [2.75, 3.05) is 81.5 Å². The van der Waals surface area contributed by atoms with E-state index in [2.05, 4.69) is 49.9 Å². The Kier molecular flexibility index (Phi) is 61.9. The number of hydrogen-bond donors (Lipinski definition) is 5. The van der Waals surface area contributed by atoms with Crippen molar-refractivity contribution in [1.82, 2.24) is 24.4 Å². The number of aromatic amines is 2. The maximum atomic E-state index is 13.6. The highest BCUT2D eigenvalue weighted by Gasteiger charge is 2.53. The zero-order valence-corrected chi connectivity index (χ0v) is 91.5. The first kappa shape index (κ1) is 124. The van der Waals surface area contributed by atoms with Crippen molar-refractivity contribution in [3.8, 4) is 23.0 Å². The van der Waals surface area contributed by atoms with E-state index >= 15 is 0 Å². The van der Waals surface area contributed by atoms with Gasteiger partial charge in [-0.2, -0.15) is 0 Å². The van der Waals surface area contributed by atoms with Crippen molar-refractivity contribution < 1.29 is 86.0 Å². The monoisotopic (exact) mass is 2050 g/mol. The number of esters is 2. The van der Waals surface area contributed by atoms with Gasteiger partial charge in [0.1, 0.15) is 58.6 Å². The van der Waals surface area contributed by atoms with Crippen molar-refractivity contribution in [2.24, 2.45) is 0 Å². The minimum absolute atomic E-state index is 0.0795. The molecule has 10 rings (SSSR count). The molecule has 8 aromatic rings. The average Bonchev–Trinajstić information content (AvgIpc) is 1.22. The van der Waals surface area contributed by atoms with Gasteiger partial charge in [0.15, 0.2) is 24.7 Å². The fourth-order valence-electron chi connectivity index (χ4n) is 19.5. The van der Waals surface area contributed by atoms with Crippen LogP contribution in [0.25, 0.3) is 0 Å². The maximum absolute atomic E-state index is 13.6. The molecule has 0 spiro atoms. The van der Waals surface area contributed by atoms with E-state index in [0.29, 0.717) is 29.6 Å². The van der Waals surface area contributed by atoms with E-state index in [1.165, 1.54) is 266 Å². The summed E-state index contributed by atoms with van der Waals surface area (Å²) in [5.41, 5.74) is -0.421. The number of aromatic nitrogens is 4. The summed E-state index contributed by atoms with van der Waals surface area (Å²) < 4.78 is 77.8. The van der Waals surface area contributed by atoms with E-state index in [0.717, 1.165) is 84.7 Å². The van der Waals surface area contributed by atoms with Crippen LogP contribution in [0.1, 0.15) is 377 Å². The highest BCUT2D eigenvalue weighted by atomic mass is 16.7. The molecular formula is C121H181N6O21+. The van der Waals surface area contributed by atoms with E-state index in [1.807, 2.05) is 172 Å². The number of nitrogens with zero attached hydrogens (tertiary/aromatic N) is 2. The Bertz CT molecular complexity index is 5010. The third-order valence-electron chi connectivity index (χ3n) is 28.1. The van der Waals surface area contributed by atoms with Crippen LogP contribution in [0.15, 0.2) is 201 Å². The summed E-state index contributed by atoms with van der Waals surface area (Å²) >= 11 is 0. The Morgan fingerprint density at radius 2 is 0.601 bits per heavy atom. The second kappa shape index (κ2) is 73.6. The van der Waals surface area contributed by atoms with Gasteiger partial charge in [0.2, 0.25) is 5.91 Å². The molecule has 0 radical (unpaired) electrons. The minimum Gasteiger partial charge on any atom is -0.497 e. The molecule has 5 N–H and O–H groups in total. The molecule has 0 bridgehead atoms. The van der Waals surface area contributed by atoms with Gasteiger partial charge < -0.3 is 72.2 Å². The molecule has 0 aliphatic carbocycles. The smallest absolute Gasteiger partial charge is 0.330 e. The Balaban J connectivity index is 0.000000370. The molecule has 8 atom stereocenters. The number of carbonyl (C=O) groups excluding carboxylic acids is 3. The number of carboxylic acid groups (broad SMARTS) is 1. The van der Waals surface area contributed by atoms with Gasteiger partial charge in [-0.3, -0.25) is 47.9 Å². The van der Waals surface area contributed by atoms with Crippen LogP contribution < -0.4 is 51.7 Å². The molecule has 1 amide bonds. The Labute approximate surface area is 882 Å². The maximum Gasteiger partial charge on any atom is 0.330 e. The lowest BCUT2D eigenvalue weighted by molar-refractivity contribution is -0.894. The predicted molar refractivity (Wildman–Crippen MR) is 586 cm³/mol. The molecule has 0 saturated carbocycles. The molecule has 2 aromatic heterocycles. The molecule has 2 aliphatic rings. The normalized spacial score (nSPS) is 16.4. The predicted octanol–water partition coefficient (Wildman–Crippen LogP) is 23.5. The van der Waals surface area contributed by atoms with Gasteiger partial charge in [-0.25, -0.2) is 9.59 Å². The number of quaternary nitrogens is 1. The summed E-state index contributed by atoms with van der Waals surface area (Å²) in [5, 5.41) is 12.0. The summed E-state index contributed by atoms with van der Waals surface area (Å²) in [4.78, 5) is 108. The number of amides is 1. The fourth-order valence-corrected chi connectivity index (χ4v) is 19.5. The molecule has 6 aromatic carbocycles. The second-order valence-corrected chi connectivity index (χ2v) is 38.7. The number of H-pyrrole nitrogens is 2. The molecule has 4 heterocycles. The molecule has 2 fully saturated rings. The molecule has 2 saturated heterocycles. The molecule has 2 aliphatic heterocycles. The average molecular weight is 2060 g/mol. The third-order valence-corrected chi connectivity index (χ3v) is 28.1. The molecule has 2 unspecified atom stereocenters. The fraction of sp³-hybridized carbons (Fsp3) is 0.603. The van der Waals surface area contributed by atoms with E-state index in [-0.39, 0.29) is 45.0 Å². The van der Waals surface area contributed by atoms with Gasteiger partial charge in [-0.15, -0.1) is 0 Å². The van der Waals surface area contributed by atoms with Crippen LogP contribution in [0.2, 0.25) is 0 Å². The van der Waals surface area contributed by atoms with Crippen LogP contribution >= 0.6 is 0 Å². The van der Waals surface area contributed by atoms with Crippen LogP contribution in [0.5, 0.6) is 23.0 Å². The lowest BCUT2D eigenvalue weighted by Gasteiger charge is -2.37. The number of nitrogens with one attached hydrogen (secondary N) is 4. The number of hydrogen-bond acceptors (Lipinski definition) is 20. The van der Waals surface area contributed by atoms with Crippen molar-refractivity contribution in [3.63, 3.8) is 0 Å². The number of carbonyl (C=O) groups is 4. The standard InChI is InChI=1S/C57H81N3O10.C56H78N2O11.C6H15N.C2H6/c1-5-6-7-8-9-10-11-12-13-14-15-16-17-18-19-20-21-22-23-27-42-67-54-53(70-52(63)39-38-50(61)58-2)49(69-55(54)60-41-40-51(62)59-56(60)64)43-68-57(44-28-25-24-26-29-44,45-30-34-47(65-3)35-31-45)46-32-36-48(66-4)37-33-46;1-4-5-6-7-8-9-10-11-12-13-14-15-16-17-18-19-20-21-22-26-41-66-53-52(69-51(62)38-37-50(60)61)48(68-54(53)58-40-39-49(59)57-55(58)63)42-67-56(43-27-24-23-25-28-43,44-29-33-46(64-2)34-30-44)45-31-35-47(65-3)36-32-45;1-4-7(5-2)6-3;1-2/h24-26,28-37,40-41,49,53-55H,5-23,27,38-39,42-43H2,1-4H3,(H,58,61)(H,59,62,64);23-25,27-36,39-40,48,52-54H,4-22,26,37-38,41-42H2,1-3H3,(H,60,61)(H,57,59,63);4-6H2,1-3H3;1-2H3/p+1/t49-,53?,54+,55-;48-,52?,53+,54-;;/m11../s1. The third kappa shape index (κ3) is 42.7. The summed E-state index contributed by atoms with van der Waals surface area (Å²) in [7, 11) is 7.92. The van der Waals surface area contributed by atoms with Gasteiger partial charge in [0, 0.05) is 51.2 Å². The van der Waals surface area contributed by atoms with Crippen LogP contribution in [0, 0.1) is 0 Å². The zero-order valence-electron chi connectivity index (χ0n) is 91.5. The van der Waals surface area contributed by atoms with Crippen LogP contribution in [0.3, 0.4) is 0 Å². The van der Waals surface area contributed by atoms with E-state index in [4.69, 9.17) is 56.8 Å². The largest absolute Gasteiger partial charge is 0.497 e. The van der Waals surface area contributed by atoms with Crippen molar-refractivity contribution in [3.05, 3.63) is 257 Å². The van der Waals surface area contributed by atoms with E-state index < -0.39 is 107 Å². The Morgan fingerprint density at radius 3 is 0.838 bits per heavy atom. The summed E-state index contributed by atoms with van der Waals surface area (Å²) in [6.45, 7) is 19.3. The van der Waals surface area contributed by atoms with Gasteiger partial charge in [-0.05, 0) is 116 Å². The first-order valence-electron chi connectivity index (χ1n) is 56.1. The van der Waals surface area contributed by atoms with Crippen molar-refractivity contribution >= 4 is 23.8 Å². The SMILES string of the molecule is CC.CCCCCCCCCCCCCCCCCCCCCCO[C@H]1C(OC(=O)CCC(=O)NC)[C@@H](COC(c2ccccc2)(c2ccc(OC)cc2)c2ccc(OC)cc2)O[C@H]1n1ccc(=O)[nH]c1=O.CCCCCCCCCCCCCCCCCCCCCCO[C@H]1C(OC(=O)CCC(=O)O)[C@@H](COC(c2ccccc2)(c2ccc(OC)cc2)c2ccc(OC)cc2)O[C@H]1n1ccc(=O)[nH]c1=O.CC[NH+](CC)CC.